The third-order valence-corrected chi connectivity index (χ3v) is 5.69. The molecule has 1 amide bonds. The van der Waals surface area contributed by atoms with Crippen molar-refractivity contribution in [1.29, 1.82) is 0 Å². The zero-order valence-corrected chi connectivity index (χ0v) is 15.7. The van der Waals surface area contributed by atoms with Gasteiger partial charge in [-0.25, -0.2) is 0 Å². The standard InChI is InChI=1S/C18H33N3O2.ClH/c22-18(21-13-8-19-9-14-21)7-12-20-10-5-17(6-11-20)23-15-16-3-1-2-4-16;/h16-17,19H,1-15H2;1H. The topological polar surface area (TPSA) is 44.8 Å². The molecule has 2 heterocycles. The van der Waals surface area contributed by atoms with E-state index in [0.717, 1.165) is 71.2 Å². The second-order valence-corrected chi connectivity index (χ2v) is 7.41. The summed E-state index contributed by atoms with van der Waals surface area (Å²) in [6, 6.07) is 0. The van der Waals surface area contributed by atoms with Crippen molar-refractivity contribution in [2.24, 2.45) is 5.92 Å². The first kappa shape index (κ1) is 20.0. The lowest BCUT2D eigenvalue weighted by atomic mass is 10.1. The molecule has 3 fully saturated rings. The first-order chi connectivity index (χ1) is 11.3. The van der Waals surface area contributed by atoms with E-state index >= 15 is 0 Å². The van der Waals surface area contributed by atoms with Gasteiger partial charge in [0.05, 0.1) is 6.10 Å². The van der Waals surface area contributed by atoms with Crippen molar-refractivity contribution >= 4 is 18.3 Å². The first-order valence-electron chi connectivity index (χ1n) is 9.64. The molecule has 0 radical (unpaired) electrons. The summed E-state index contributed by atoms with van der Waals surface area (Å²) >= 11 is 0. The van der Waals surface area contributed by atoms with E-state index in [0.29, 0.717) is 18.4 Å². The number of piperazine rings is 1. The van der Waals surface area contributed by atoms with E-state index in [4.69, 9.17) is 4.74 Å². The van der Waals surface area contributed by atoms with Crippen LogP contribution >= 0.6 is 12.4 Å². The van der Waals surface area contributed by atoms with Gasteiger partial charge in [0.25, 0.3) is 0 Å². The molecule has 1 N–H and O–H groups in total. The van der Waals surface area contributed by atoms with Gasteiger partial charge in [-0.15, -0.1) is 12.4 Å². The Hall–Kier alpha value is -0.360. The molecule has 0 atom stereocenters. The van der Waals surface area contributed by atoms with Gasteiger partial charge >= 0.3 is 0 Å². The van der Waals surface area contributed by atoms with Crippen LogP contribution in [0.15, 0.2) is 0 Å². The Morgan fingerprint density at radius 2 is 1.67 bits per heavy atom. The van der Waals surface area contributed by atoms with Crippen molar-refractivity contribution in [2.45, 2.75) is 51.0 Å². The van der Waals surface area contributed by atoms with Crippen LogP contribution in [0, 0.1) is 5.92 Å². The molecular formula is C18H34ClN3O2. The maximum absolute atomic E-state index is 12.2. The van der Waals surface area contributed by atoms with Crippen LogP contribution in [0.1, 0.15) is 44.9 Å². The van der Waals surface area contributed by atoms with Crippen LogP contribution in [0.5, 0.6) is 0 Å². The fraction of sp³-hybridized carbons (Fsp3) is 0.944. The van der Waals surface area contributed by atoms with Gasteiger partial charge in [-0.1, -0.05) is 12.8 Å². The van der Waals surface area contributed by atoms with E-state index in [2.05, 4.69) is 10.2 Å². The lowest BCUT2D eigenvalue weighted by Gasteiger charge is -2.33. The van der Waals surface area contributed by atoms with Gasteiger partial charge in [0.1, 0.15) is 0 Å². The molecule has 2 aliphatic heterocycles. The number of carbonyl (C=O) groups excluding carboxylic acids is 1. The molecule has 0 spiro atoms. The minimum Gasteiger partial charge on any atom is -0.378 e. The van der Waals surface area contributed by atoms with Gasteiger partial charge in [0.15, 0.2) is 0 Å². The smallest absolute Gasteiger partial charge is 0.223 e. The van der Waals surface area contributed by atoms with E-state index < -0.39 is 0 Å². The minimum atomic E-state index is 0. The summed E-state index contributed by atoms with van der Waals surface area (Å²) in [6.07, 6.45) is 8.92. The van der Waals surface area contributed by atoms with Crippen LogP contribution in [0.4, 0.5) is 0 Å². The largest absolute Gasteiger partial charge is 0.378 e. The normalized spacial score (nSPS) is 24.1. The van der Waals surface area contributed by atoms with Gasteiger partial charge in [-0.2, -0.15) is 0 Å². The lowest BCUT2D eigenvalue weighted by molar-refractivity contribution is -0.132. The quantitative estimate of drug-likeness (QED) is 0.786. The molecule has 0 aromatic rings. The number of nitrogens with one attached hydrogen (secondary N) is 1. The van der Waals surface area contributed by atoms with Crippen LogP contribution in [0.3, 0.4) is 0 Å². The molecule has 5 nitrogen and oxygen atoms in total. The van der Waals surface area contributed by atoms with Crippen LogP contribution in [-0.4, -0.2) is 74.2 Å². The predicted molar refractivity (Wildman–Crippen MR) is 98.7 cm³/mol. The van der Waals surface area contributed by atoms with Gasteiger partial charge in [0.2, 0.25) is 5.91 Å². The molecule has 0 aromatic carbocycles. The third-order valence-electron chi connectivity index (χ3n) is 5.69. The van der Waals surface area contributed by atoms with E-state index in [1.54, 1.807) is 0 Å². The molecule has 140 valence electrons. The van der Waals surface area contributed by atoms with Gasteiger partial charge in [-0.05, 0) is 31.6 Å². The second kappa shape index (κ2) is 10.6. The summed E-state index contributed by atoms with van der Waals surface area (Å²) in [5.41, 5.74) is 0. The Labute approximate surface area is 152 Å². The highest BCUT2D eigenvalue weighted by molar-refractivity contribution is 5.85. The highest BCUT2D eigenvalue weighted by Crippen LogP contribution is 2.26. The molecule has 0 unspecified atom stereocenters. The molecular weight excluding hydrogens is 326 g/mol. The number of likely N-dealkylation sites (tertiary alicyclic amines) is 1. The third kappa shape index (κ3) is 6.17. The van der Waals surface area contributed by atoms with E-state index in [1.165, 1.54) is 25.7 Å². The number of hydrogen-bond acceptors (Lipinski definition) is 4. The number of halogens is 1. The number of rotatable bonds is 6. The minimum absolute atomic E-state index is 0. The Balaban J connectivity index is 0.00000208. The monoisotopic (exact) mass is 359 g/mol. The van der Waals surface area contributed by atoms with E-state index in [1.807, 2.05) is 4.90 Å². The molecule has 1 aliphatic carbocycles. The zero-order chi connectivity index (χ0) is 15.9. The lowest BCUT2D eigenvalue weighted by Crippen LogP contribution is -2.47. The Morgan fingerprint density at radius 3 is 2.33 bits per heavy atom. The number of ether oxygens (including phenoxy) is 1. The van der Waals surface area contributed by atoms with Gasteiger partial charge < -0.3 is 19.9 Å². The maximum atomic E-state index is 12.2. The van der Waals surface area contributed by atoms with Crippen molar-refractivity contribution < 1.29 is 9.53 Å². The Bertz CT molecular complexity index is 363. The summed E-state index contributed by atoms with van der Waals surface area (Å²) in [5.74, 6) is 1.15. The van der Waals surface area contributed by atoms with Crippen molar-refractivity contribution in [3.63, 3.8) is 0 Å². The molecule has 0 bridgehead atoms. The van der Waals surface area contributed by atoms with Crippen LogP contribution in [0.2, 0.25) is 0 Å². The number of piperidine rings is 1. The summed E-state index contributed by atoms with van der Waals surface area (Å²) in [6.45, 7) is 7.69. The SMILES string of the molecule is Cl.O=C(CCN1CCC(OCC2CCCC2)CC1)N1CCNCC1. The second-order valence-electron chi connectivity index (χ2n) is 7.41. The molecule has 3 rings (SSSR count). The number of carbonyl (C=O) groups is 1. The average molecular weight is 360 g/mol. The zero-order valence-electron chi connectivity index (χ0n) is 14.9. The summed E-state index contributed by atoms with van der Waals surface area (Å²) in [7, 11) is 0. The average Bonchev–Trinajstić information content (AvgIpc) is 3.13. The predicted octanol–water partition coefficient (Wildman–Crippen LogP) is 1.90. The molecule has 2 saturated heterocycles. The highest BCUT2D eigenvalue weighted by Gasteiger charge is 2.23. The fourth-order valence-corrected chi connectivity index (χ4v) is 4.07. The van der Waals surface area contributed by atoms with Crippen molar-refractivity contribution in [1.82, 2.24) is 15.1 Å². The maximum Gasteiger partial charge on any atom is 0.223 e. The first-order valence-corrected chi connectivity index (χ1v) is 9.64. The van der Waals surface area contributed by atoms with E-state index in [9.17, 15) is 4.79 Å². The summed E-state index contributed by atoms with van der Waals surface area (Å²) in [4.78, 5) is 16.6. The summed E-state index contributed by atoms with van der Waals surface area (Å²) < 4.78 is 6.13. The van der Waals surface area contributed by atoms with Crippen LogP contribution in [0.25, 0.3) is 0 Å². The number of hydrogen-bond donors (Lipinski definition) is 1. The Morgan fingerprint density at radius 1 is 1.00 bits per heavy atom. The van der Waals surface area contributed by atoms with Crippen LogP contribution < -0.4 is 5.32 Å². The Kier molecular flexibility index (Phi) is 8.81. The fourth-order valence-electron chi connectivity index (χ4n) is 4.07. The number of amides is 1. The molecule has 6 heteroatoms. The van der Waals surface area contributed by atoms with Gasteiger partial charge in [0, 0.05) is 58.8 Å². The molecule has 0 aromatic heterocycles. The van der Waals surface area contributed by atoms with Crippen molar-refractivity contribution in [3.8, 4) is 0 Å². The van der Waals surface area contributed by atoms with Crippen molar-refractivity contribution in [2.75, 3.05) is 52.4 Å². The number of nitrogens with zero attached hydrogens (tertiary/aromatic N) is 2. The molecule has 3 aliphatic rings. The van der Waals surface area contributed by atoms with Gasteiger partial charge in [-0.3, -0.25) is 4.79 Å². The molecule has 24 heavy (non-hydrogen) atoms. The summed E-state index contributed by atoms with van der Waals surface area (Å²) in [5, 5.41) is 3.29. The van der Waals surface area contributed by atoms with Crippen LogP contribution in [-0.2, 0) is 9.53 Å². The van der Waals surface area contributed by atoms with E-state index in [-0.39, 0.29) is 12.4 Å². The molecule has 1 saturated carbocycles. The van der Waals surface area contributed by atoms with Crippen molar-refractivity contribution in [3.05, 3.63) is 0 Å². The highest BCUT2D eigenvalue weighted by atomic mass is 35.5.